The Hall–Kier alpha value is -2.81. The third kappa shape index (κ3) is 2.53. The maximum absolute atomic E-state index is 12.3. The molecule has 0 saturated heterocycles. The number of benzene rings is 1. The quantitative estimate of drug-likeness (QED) is 0.710. The number of H-pyrrole nitrogens is 1. The number of aryl methyl sites for hydroxylation is 1. The topological polar surface area (TPSA) is 115 Å². The number of aromatic nitrogens is 4. The summed E-state index contributed by atoms with van der Waals surface area (Å²) < 4.78 is 29.5. The van der Waals surface area contributed by atoms with Gasteiger partial charge in [0.2, 0.25) is 0 Å². The fourth-order valence-corrected chi connectivity index (χ4v) is 2.72. The van der Waals surface area contributed by atoms with Crippen LogP contribution in [0.3, 0.4) is 0 Å². The molecule has 0 atom stereocenters. The van der Waals surface area contributed by atoms with Crippen LogP contribution in [0.5, 0.6) is 5.88 Å². The van der Waals surface area contributed by atoms with Gasteiger partial charge in [0.1, 0.15) is 4.90 Å². The van der Waals surface area contributed by atoms with Crippen molar-refractivity contribution in [2.45, 2.75) is 11.8 Å². The highest BCUT2D eigenvalue weighted by molar-refractivity contribution is 7.87. The number of aromatic amines is 1. The van der Waals surface area contributed by atoms with Gasteiger partial charge in [-0.15, -0.1) is 5.10 Å². The van der Waals surface area contributed by atoms with Crippen LogP contribution in [0.15, 0.2) is 46.3 Å². The third-order valence-corrected chi connectivity index (χ3v) is 4.19. The van der Waals surface area contributed by atoms with E-state index < -0.39 is 15.7 Å². The number of nitrogens with one attached hydrogen (secondary N) is 1. The van der Waals surface area contributed by atoms with Crippen molar-refractivity contribution in [3.63, 3.8) is 0 Å². The van der Waals surface area contributed by atoms with Gasteiger partial charge in [0.05, 0.1) is 23.2 Å². The van der Waals surface area contributed by atoms with E-state index in [0.29, 0.717) is 0 Å². The van der Waals surface area contributed by atoms with Crippen LogP contribution in [0.25, 0.3) is 10.8 Å². The second kappa shape index (κ2) is 5.19. The lowest BCUT2D eigenvalue weighted by molar-refractivity contribution is 0.474. The summed E-state index contributed by atoms with van der Waals surface area (Å²) >= 11 is 0. The van der Waals surface area contributed by atoms with Crippen LogP contribution in [0.1, 0.15) is 5.56 Å². The fourth-order valence-electron chi connectivity index (χ4n) is 1.82. The predicted molar refractivity (Wildman–Crippen MR) is 76.9 cm³/mol. The molecule has 0 unspecified atom stereocenters. The monoisotopic (exact) mass is 318 g/mol. The maximum atomic E-state index is 12.3. The first-order valence-corrected chi connectivity index (χ1v) is 7.58. The normalized spacial score (nSPS) is 11.5. The first-order valence-electron chi connectivity index (χ1n) is 6.17. The van der Waals surface area contributed by atoms with Gasteiger partial charge in [-0.2, -0.15) is 18.6 Å². The van der Waals surface area contributed by atoms with Crippen LogP contribution in [0.2, 0.25) is 0 Å². The molecule has 112 valence electrons. The Bertz CT molecular complexity index is 996. The van der Waals surface area contributed by atoms with Crippen molar-refractivity contribution in [1.82, 2.24) is 20.4 Å². The summed E-state index contributed by atoms with van der Waals surface area (Å²) in [5, 5.41) is 13.3. The first kappa shape index (κ1) is 14.1. The van der Waals surface area contributed by atoms with Crippen LogP contribution < -0.4 is 9.74 Å². The molecule has 8 nitrogen and oxygen atoms in total. The molecule has 0 aliphatic carbocycles. The van der Waals surface area contributed by atoms with Crippen molar-refractivity contribution < 1.29 is 12.6 Å². The molecule has 3 aromatic rings. The van der Waals surface area contributed by atoms with Gasteiger partial charge >= 0.3 is 10.1 Å². The zero-order valence-electron chi connectivity index (χ0n) is 11.3. The summed E-state index contributed by atoms with van der Waals surface area (Å²) in [5.74, 6) is -0.259. The van der Waals surface area contributed by atoms with Crippen LogP contribution in [-0.4, -0.2) is 28.8 Å². The van der Waals surface area contributed by atoms with Gasteiger partial charge in [0.15, 0.2) is 0 Å². The molecule has 0 bridgehead atoms. The standard InChI is InChI=1S/C13H10N4O4S/c1-8-2-4-9(5-3-8)22(19,20)21-13-11-7-15-14-6-10(11)12(18)16-17-13/h2-7H,1H3,(H,16,18). The molecule has 3 rings (SSSR count). The minimum atomic E-state index is -4.07. The molecule has 0 spiro atoms. The lowest BCUT2D eigenvalue weighted by Crippen LogP contribution is -2.15. The highest BCUT2D eigenvalue weighted by Gasteiger charge is 2.20. The lowest BCUT2D eigenvalue weighted by Gasteiger charge is -2.07. The van der Waals surface area contributed by atoms with E-state index in [4.69, 9.17) is 4.18 Å². The van der Waals surface area contributed by atoms with E-state index in [1.54, 1.807) is 12.1 Å². The Labute approximate surface area is 124 Å². The van der Waals surface area contributed by atoms with Gasteiger partial charge < -0.3 is 4.18 Å². The van der Waals surface area contributed by atoms with Crippen molar-refractivity contribution in [3.8, 4) is 5.88 Å². The van der Waals surface area contributed by atoms with Crippen LogP contribution in [0.4, 0.5) is 0 Å². The number of hydrogen-bond acceptors (Lipinski definition) is 7. The van der Waals surface area contributed by atoms with Crippen LogP contribution >= 0.6 is 0 Å². The molecule has 2 aromatic heterocycles. The molecular formula is C13H10N4O4S. The minimum absolute atomic E-state index is 0.0127. The molecule has 1 aromatic carbocycles. The Balaban J connectivity index is 2.08. The third-order valence-electron chi connectivity index (χ3n) is 2.96. The van der Waals surface area contributed by atoms with E-state index in [1.165, 1.54) is 24.5 Å². The van der Waals surface area contributed by atoms with Gasteiger partial charge in [-0.1, -0.05) is 17.7 Å². The Kier molecular flexibility index (Phi) is 3.33. The number of nitrogens with zero attached hydrogens (tertiary/aromatic N) is 3. The average molecular weight is 318 g/mol. The second-order valence-corrected chi connectivity index (χ2v) is 6.07. The van der Waals surface area contributed by atoms with E-state index >= 15 is 0 Å². The molecule has 0 aliphatic rings. The van der Waals surface area contributed by atoms with E-state index in [0.717, 1.165) is 5.56 Å². The van der Waals surface area contributed by atoms with Crippen molar-refractivity contribution in [2.75, 3.05) is 0 Å². The molecule has 0 amide bonds. The molecule has 2 heterocycles. The molecule has 9 heteroatoms. The van der Waals surface area contributed by atoms with Crippen molar-refractivity contribution in [2.24, 2.45) is 0 Å². The molecule has 0 radical (unpaired) electrons. The largest absolute Gasteiger partial charge is 0.356 e. The Morgan fingerprint density at radius 3 is 2.36 bits per heavy atom. The minimum Gasteiger partial charge on any atom is -0.356 e. The number of rotatable bonds is 3. The number of fused-ring (bicyclic) bond motifs is 1. The summed E-state index contributed by atoms with van der Waals surface area (Å²) in [7, 11) is -4.07. The molecule has 1 N–H and O–H groups in total. The second-order valence-electron chi connectivity index (χ2n) is 4.52. The summed E-state index contributed by atoms with van der Waals surface area (Å²) in [5.41, 5.74) is 0.409. The smallest absolute Gasteiger partial charge is 0.340 e. The van der Waals surface area contributed by atoms with E-state index in [9.17, 15) is 13.2 Å². The zero-order chi connectivity index (χ0) is 15.7. The molecule has 0 fully saturated rings. The molecule has 0 saturated carbocycles. The van der Waals surface area contributed by atoms with Crippen molar-refractivity contribution in [3.05, 3.63) is 52.6 Å². The summed E-state index contributed by atoms with van der Waals surface area (Å²) in [6.07, 6.45) is 2.43. The summed E-state index contributed by atoms with van der Waals surface area (Å²) in [6, 6.07) is 6.16. The van der Waals surface area contributed by atoms with Crippen LogP contribution in [-0.2, 0) is 10.1 Å². The van der Waals surface area contributed by atoms with Gasteiger partial charge in [-0.3, -0.25) is 4.79 Å². The van der Waals surface area contributed by atoms with Gasteiger partial charge in [-0.05, 0) is 19.1 Å². The zero-order valence-corrected chi connectivity index (χ0v) is 12.2. The summed E-state index contributed by atoms with van der Waals surface area (Å²) in [4.78, 5) is 11.6. The molecule has 22 heavy (non-hydrogen) atoms. The van der Waals surface area contributed by atoms with E-state index in [1.807, 2.05) is 6.92 Å². The van der Waals surface area contributed by atoms with Crippen molar-refractivity contribution in [1.29, 1.82) is 0 Å². The van der Waals surface area contributed by atoms with Crippen molar-refractivity contribution >= 4 is 20.9 Å². The van der Waals surface area contributed by atoms with E-state index in [-0.39, 0.29) is 21.5 Å². The molecule has 0 aliphatic heterocycles. The van der Waals surface area contributed by atoms with Gasteiger partial charge in [-0.25, -0.2) is 5.10 Å². The van der Waals surface area contributed by atoms with Gasteiger partial charge in [0.25, 0.3) is 11.4 Å². The SMILES string of the molecule is Cc1ccc(S(=O)(=O)Oc2n[nH]c(=O)c3cnncc23)cc1. The fraction of sp³-hybridized carbons (Fsp3) is 0.0769. The number of hydrogen-bond donors (Lipinski definition) is 1. The summed E-state index contributed by atoms with van der Waals surface area (Å²) in [6.45, 7) is 1.84. The predicted octanol–water partition coefficient (Wildman–Crippen LogP) is 0.789. The van der Waals surface area contributed by atoms with Crippen LogP contribution in [0, 0.1) is 6.92 Å². The highest BCUT2D eigenvalue weighted by Crippen LogP contribution is 2.22. The maximum Gasteiger partial charge on any atom is 0.340 e. The first-order chi connectivity index (χ1) is 10.5. The van der Waals surface area contributed by atoms with E-state index in [2.05, 4.69) is 20.4 Å². The average Bonchev–Trinajstić information content (AvgIpc) is 2.51. The Morgan fingerprint density at radius 1 is 1.05 bits per heavy atom. The molecular weight excluding hydrogens is 308 g/mol. The lowest BCUT2D eigenvalue weighted by atomic mass is 10.2. The Morgan fingerprint density at radius 2 is 1.68 bits per heavy atom. The van der Waals surface area contributed by atoms with Gasteiger partial charge in [0, 0.05) is 0 Å². The highest BCUT2D eigenvalue weighted by atomic mass is 32.2.